The van der Waals surface area contributed by atoms with Crippen molar-refractivity contribution in [3.63, 3.8) is 0 Å². The molecule has 2 N–H and O–H groups in total. The number of benzene rings is 2. The Hall–Kier alpha value is -2.29. The summed E-state index contributed by atoms with van der Waals surface area (Å²) in [5, 5.41) is 12.8. The Bertz CT molecular complexity index is 635. The Kier molecular flexibility index (Phi) is 4.42. The third kappa shape index (κ3) is 3.48. The lowest BCUT2D eigenvalue weighted by Crippen LogP contribution is -2.32. The molecular weight excluding hydrogens is 274 g/mol. The Morgan fingerprint density at radius 3 is 2.45 bits per heavy atom. The van der Waals surface area contributed by atoms with Crippen LogP contribution in [0.15, 0.2) is 54.6 Å². The Balaban J connectivity index is 1.59. The van der Waals surface area contributed by atoms with Crippen molar-refractivity contribution in [3.8, 4) is 5.75 Å². The van der Waals surface area contributed by atoms with Crippen molar-refractivity contribution in [2.75, 3.05) is 6.54 Å². The molecule has 0 saturated heterocycles. The van der Waals surface area contributed by atoms with Gasteiger partial charge < -0.3 is 10.4 Å². The zero-order chi connectivity index (χ0) is 15.4. The van der Waals surface area contributed by atoms with E-state index in [0.717, 1.165) is 24.0 Å². The van der Waals surface area contributed by atoms with Gasteiger partial charge >= 0.3 is 0 Å². The molecule has 3 nitrogen and oxygen atoms in total. The van der Waals surface area contributed by atoms with Gasteiger partial charge in [0.25, 0.3) is 0 Å². The number of carbonyl (C=O) groups excluding carboxylic acids is 1. The van der Waals surface area contributed by atoms with Gasteiger partial charge in [0.15, 0.2) is 0 Å². The number of aromatic hydroxyl groups is 1. The molecule has 0 aromatic heterocycles. The predicted molar refractivity (Wildman–Crippen MR) is 86.7 cm³/mol. The van der Waals surface area contributed by atoms with Gasteiger partial charge in [-0.25, -0.2) is 0 Å². The van der Waals surface area contributed by atoms with Crippen LogP contribution in [0.25, 0.3) is 0 Å². The van der Waals surface area contributed by atoms with Crippen LogP contribution in [-0.2, 0) is 11.2 Å². The highest BCUT2D eigenvalue weighted by atomic mass is 16.3. The molecule has 1 aliphatic carbocycles. The molecule has 1 saturated carbocycles. The van der Waals surface area contributed by atoms with Gasteiger partial charge in [-0.3, -0.25) is 4.79 Å². The Morgan fingerprint density at radius 2 is 1.77 bits per heavy atom. The number of phenolic OH excluding ortho intramolecular Hbond substituents is 1. The number of rotatable bonds is 6. The predicted octanol–water partition coefficient (Wildman–Crippen LogP) is 3.24. The Labute approximate surface area is 131 Å². The van der Waals surface area contributed by atoms with Crippen molar-refractivity contribution in [1.82, 2.24) is 5.32 Å². The lowest BCUT2D eigenvalue weighted by atomic mass is 9.93. The molecule has 1 atom stereocenters. The van der Waals surface area contributed by atoms with E-state index in [1.54, 1.807) is 12.1 Å². The van der Waals surface area contributed by atoms with Gasteiger partial charge in [-0.15, -0.1) is 0 Å². The minimum Gasteiger partial charge on any atom is -0.508 e. The molecule has 3 heteroatoms. The molecule has 114 valence electrons. The van der Waals surface area contributed by atoms with Crippen molar-refractivity contribution in [2.45, 2.75) is 25.2 Å². The van der Waals surface area contributed by atoms with Gasteiger partial charge in [-0.05, 0) is 42.4 Å². The monoisotopic (exact) mass is 295 g/mol. The van der Waals surface area contributed by atoms with Crippen molar-refractivity contribution in [2.24, 2.45) is 5.92 Å². The average molecular weight is 295 g/mol. The fourth-order valence-electron chi connectivity index (χ4n) is 2.88. The highest BCUT2D eigenvalue weighted by molar-refractivity contribution is 5.84. The smallest absolute Gasteiger partial charge is 0.227 e. The minimum atomic E-state index is -0.0365. The van der Waals surface area contributed by atoms with Gasteiger partial charge in [0.2, 0.25) is 5.91 Å². The topological polar surface area (TPSA) is 49.3 Å². The summed E-state index contributed by atoms with van der Waals surface area (Å²) in [6.45, 7) is 0.548. The summed E-state index contributed by atoms with van der Waals surface area (Å²) in [5.74, 6) is 0.834. The first kappa shape index (κ1) is 14.6. The number of para-hydroxylation sites is 1. The summed E-state index contributed by atoms with van der Waals surface area (Å²) < 4.78 is 0. The first-order valence-corrected chi connectivity index (χ1v) is 7.85. The van der Waals surface area contributed by atoms with E-state index in [2.05, 4.69) is 5.32 Å². The van der Waals surface area contributed by atoms with Gasteiger partial charge in [0.05, 0.1) is 5.92 Å². The average Bonchev–Trinajstić information content (AvgIpc) is 3.35. The third-order valence-corrected chi connectivity index (χ3v) is 4.22. The van der Waals surface area contributed by atoms with Crippen LogP contribution in [0, 0.1) is 5.92 Å². The molecule has 1 fully saturated rings. The SMILES string of the molecule is O=C(NCCc1ccccc1O)C(c1ccccc1)C1CC1. The van der Waals surface area contributed by atoms with E-state index < -0.39 is 0 Å². The molecule has 3 rings (SSSR count). The van der Waals surface area contributed by atoms with E-state index in [1.807, 2.05) is 42.5 Å². The molecule has 1 unspecified atom stereocenters. The van der Waals surface area contributed by atoms with Crippen LogP contribution in [0.3, 0.4) is 0 Å². The molecule has 0 radical (unpaired) electrons. The zero-order valence-electron chi connectivity index (χ0n) is 12.5. The number of nitrogens with one attached hydrogen (secondary N) is 1. The maximum atomic E-state index is 12.5. The summed E-state index contributed by atoms with van der Waals surface area (Å²) >= 11 is 0. The molecule has 0 spiro atoms. The molecule has 2 aromatic carbocycles. The maximum absolute atomic E-state index is 12.5. The number of amides is 1. The fourth-order valence-corrected chi connectivity index (χ4v) is 2.88. The van der Waals surface area contributed by atoms with Crippen LogP contribution < -0.4 is 5.32 Å². The van der Waals surface area contributed by atoms with Crippen molar-refractivity contribution < 1.29 is 9.90 Å². The molecule has 0 bridgehead atoms. The van der Waals surface area contributed by atoms with Crippen LogP contribution in [0.5, 0.6) is 5.75 Å². The second kappa shape index (κ2) is 6.65. The molecule has 2 aromatic rings. The number of carbonyl (C=O) groups is 1. The normalized spacial score (nSPS) is 15.3. The molecule has 0 aliphatic heterocycles. The van der Waals surface area contributed by atoms with Gasteiger partial charge in [-0.2, -0.15) is 0 Å². The van der Waals surface area contributed by atoms with E-state index >= 15 is 0 Å². The summed E-state index contributed by atoms with van der Waals surface area (Å²) in [4.78, 5) is 12.5. The number of hydrogen-bond acceptors (Lipinski definition) is 2. The van der Waals surface area contributed by atoms with E-state index in [0.29, 0.717) is 24.6 Å². The molecule has 1 amide bonds. The van der Waals surface area contributed by atoms with Crippen molar-refractivity contribution in [1.29, 1.82) is 0 Å². The van der Waals surface area contributed by atoms with E-state index in [9.17, 15) is 9.90 Å². The standard InChI is InChI=1S/C19H21NO2/c21-17-9-5-4-6-14(17)12-13-20-19(22)18(16-10-11-16)15-7-2-1-3-8-15/h1-9,16,18,21H,10-13H2,(H,20,22). The van der Waals surface area contributed by atoms with Crippen molar-refractivity contribution in [3.05, 3.63) is 65.7 Å². The Morgan fingerprint density at radius 1 is 1.09 bits per heavy atom. The largest absolute Gasteiger partial charge is 0.508 e. The fraction of sp³-hybridized carbons (Fsp3) is 0.316. The van der Waals surface area contributed by atoms with Crippen LogP contribution in [0.1, 0.15) is 29.9 Å². The summed E-state index contributed by atoms with van der Waals surface area (Å²) in [6.07, 6.45) is 2.91. The molecular formula is C19H21NO2. The number of phenols is 1. The van der Waals surface area contributed by atoms with E-state index in [4.69, 9.17) is 0 Å². The molecule has 22 heavy (non-hydrogen) atoms. The quantitative estimate of drug-likeness (QED) is 0.859. The summed E-state index contributed by atoms with van der Waals surface area (Å²) in [5.41, 5.74) is 1.97. The van der Waals surface area contributed by atoms with Crippen LogP contribution in [-0.4, -0.2) is 17.6 Å². The first-order chi connectivity index (χ1) is 10.8. The van der Waals surface area contributed by atoms with Crippen molar-refractivity contribution >= 4 is 5.91 Å². The highest BCUT2D eigenvalue weighted by Crippen LogP contribution is 2.42. The van der Waals surface area contributed by atoms with Crippen LogP contribution >= 0.6 is 0 Å². The van der Waals surface area contributed by atoms with Crippen LogP contribution in [0.2, 0.25) is 0 Å². The number of hydrogen-bond donors (Lipinski definition) is 2. The second-order valence-corrected chi connectivity index (χ2v) is 5.90. The van der Waals surface area contributed by atoms with Gasteiger partial charge in [-0.1, -0.05) is 48.5 Å². The second-order valence-electron chi connectivity index (χ2n) is 5.90. The van der Waals surface area contributed by atoms with E-state index in [-0.39, 0.29) is 11.8 Å². The third-order valence-electron chi connectivity index (χ3n) is 4.22. The molecule has 1 aliphatic rings. The summed E-state index contributed by atoms with van der Waals surface area (Å²) in [7, 11) is 0. The maximum Gasteiger partial charge on any atom is 0.227 e. The van der Waals surface area contributed by atoms with E-state index in [1.165, 1.54) is 0 Å². The molecule has 0 heterocycles. The van der Waals surface area contributed by atoms with Gasteiger partial charge in [0, 0.05) is 6.54 Å². The summed E-state index contributed by atoms with van der Waals surface area (Å²) in [6, 6.07) is 17.3. The first-order valence-electron chi connectivity index (χ1n) is 7.85. The highest BCUT2D eigenvalue weighted by Gasteiger charge is 2.36. The van der Waals surface area contributed by atoms with Crippen LogP contribution in [0.4, 0.5) is 0 Å². The minimum absolute atomic E-state index is 0.0365. The lowest BCUT2D eigenvalue weighted by molar-refractivity contribution is -0.123. The lowest BCUT2D eigenvalue weighted by Gasteiger charge is -2.16. The zero-order valence-corrected chi connectivity index (χ0v) is 12.5. The van der Waals surface area contributed by atoms with Gasteiger partial charge in [0.1, 0.15) is 5.75 Å².